The topological polar surface area (TPSA) is 20.2 Å². The Morgan fingerprint density at radius 1 is 1.36 bits per heavy atom. The Labute approximate surface area is 92.5 Å². The molecule has 1 aromatic carbocycles. The first-order chi connectivity index (χ1) is 6.32. The van der Waals surface area contributed by atoms with E-state index in [9.17, 15) is 9.50 Å². The molecule has 0 heterocycles. The van der Waals surface area contributed by atoms with E-state index in [1.165, 1.54) is 26.0 Å². The lowest BCUT2D eigenvalue weighted by Crippen LogP contribution is -2.23. The minimum Gasteiger partial charge on any atom is -0.385 e. The summed E-state index contributed by atoms with van der Waals surface area (Å²) in [5, 5.41) is 10.4. The predicted molar refractivity (Wildman–Crippen MR) is 56.6 cm³/mol. The van der Waals surface area contributed by atoms with Crippen LogP contribution >= 0.6 is 23.2 Å². The van der Waals surface area contributed by atoms with Crippen LogP contribution in [-0.2, 0) is 0 Å². The largest absolute Gasteiger partial charge is 0.385 e. The van der Waals surface area contributed by atoms with E-state index < -0.39 is 11.8 Å². The fourth-order valence-corrected chi connectivity index (χ4v) is 1.50. The van der Waals surface area contributed by atoms with Gasteiger partial charge < -0.3 is 5.11 Å². The summed E-state index contributed by atoms with van der Waals surface area (Å²) in [5.74, 6) is 0. The van der Waals surface area contributed by atoms with E-state index in [2.05, 4.69) is 0 Å². The third-order valence-electron chi connectivity index (χ3n) is 1.90. The molecular weight excluding hydrogens is 226 g/mol. The maximum atomic E-state index is 13.4. The van der Waals surface area contributed by atoms with E-state index in [0.717, 1.165) is 0 Å². The lowest BCUT2D eigenvalue weighted by atomic mass is 9.96. The van der Waals surface area contributed by atoms with Crippen molar-refractivity contribution in [3.05, 3.63) is 33.8 Å². The predicted octanol–water partition coefficient (Wildman–Crippen LogP) is 3.77. The monoisotopic (exact) mass is 236 g/mol. The van der Waals surface area contributed by atoms with Gasteiger partial charge in [-0.2, -0.15) is 0 Å². The number of benzene rings is 1. The van der Waals surface area contributed by atoms with Crippen molar-refractivity contribution in [2.24, 2.45) is 0 Å². The number of aliphatic hydroxyl groups excluding tert-OH is 1. The summed E-state index contributed by atoms with van der Waals surface area (Å²) in [6.07, 6.45) is -1.27. The molecule has 1 unspecified atom stereocenters. The van der Waals surface area contributed by atoms with Gasteiger partial charge in [-0.05, 0) is 32.0 Å². The molecule has 0 aliphatic heterocycles. The van der Waals surface area contributed by atoms with E-state index in [-0.39, 0.29) is 0 Å². The van der Waals surface area contributed by atoms with Crippen LogP contribution in [0.25, 0.3) is 0 Å². The highest BCUT2D eigenvalue weighted by Gasteiger charge is 2.30. The van der Waals surface area contributed by atoms with E-state index in [4.69, 9.17) is 23.2 Å². The average Bonchev–Trinajstić information content (AvgIpc) is 2.06. The molecule has 1 rings (SSSR count). The number of hydrogen-bond acceptors (Lipinski definition) is 1. The molecule has 0 saturated carbocycles. The minimum atomic E-state index is -1.74. The van der Waals surface area contributed by atoms with Crippen molar-refractivity contribution in [2.45, 2.75) is 25.6 Å². The number of alkyl halides is 1. The summed E-state index contributed by atoms with van der Waals surface area (Å²) >= 11 is 11.5. The van der Waals surface area contributed by atoms with Gasteiger partial charge in [0.2, 0.25) is 0 Å². The van der Waals surface area contributed by atoms with E-state index in [1.807, 2.05) is 0 Å². The van der Waals surface area contributed by atoms with Gasteiger partial charge in [-0.1, -0.05) is 23.2 Å². The van der Waals surface area contributed by atoms with Crippen LogP contribution in [0.4, 0.5) is 4.39 Å². The van der Waals surface area contributed by atoms with Crippen molar-refractivity contribution in [2.75, 3.05) is 0 Å². The molecule has 1 atom stereocenters. The molecule has 4 heteroatoms. The molecular formula is C10H11Cl2FO. The second kappa shape index (κ2) is 4.05. The van der Waals surface area contributed by atoms with Gasteiger partial charge in [0.1, 0.15) is 11.8 Å². The van der Waals surface area contributed by atoms with Crippen LogP contribution in [0.3, 0.4) is 0 Å². The zero-order chi connectivity index (χ0) is 10.9. The highest BCUT2D eigenvalue weighted by Crippen LogP contribution is 2.34. The third-order valence-corrected chi connectivity index (χ3v) is 2.48. The smallest absolute Gasteiger partial charge is 0.135 e. The second-order valence-electron chi connectivity index (χ2n) is 3.63. The molecule has 0 saturated heterocycles. The van der Waals surface area contributed by atoms with Crippen molar-refractivity contribution >= 4 is 23.2 Å². The number of rotatable bonds is 2. The molecule has 0 aliphatic rings. The molecule has 0 bridgehead atoms. The Hall–Kier alpha value is -0.310. The van der Waals surface area contributed by atoms with Crippen molar-refractivity contribution < 1.29 is 9.50 Å². The molecule has 0 amide bonds. The standard InChI is InChI=1S/C10H11Cl2FO/c1-10(2,13)9(14)7-5-6(11)3-4-8(7)12/h3-5,9,14H,1-2H3. The summed E-state index contributed by atoms with van der Waals surface area (Å²) < 4.78 is 13.4. The molecule has 78 valence electrons. The van der Waals surface area contributed by atoms with E-state index in [0.29, 0.717) is 15.6 Å². The maximum absolute atomic E-state index is 13.4. The van der Waals surface area contributed by atoms with Crippen LogP contribution < -0.4 is 0 Å². The summed E-state index contributed by atoms with van der Waals surface area (Å²) in [4.78, 5) is 0. The maximum Gasteiger partial charge on any atom is 0.135 e. The number of aliphatic hydroxyl groups is 1. The van der Waals surface area contributed by atoms with Crippen LogP contribution in [0.5, 0.6) is 0 Å². The SMILES string of the molecule is CC(C)(F)C(O)c1cc(Cl)ccc1Cl. The second-order valence-corrected chi connectivity index (χ2v) is 4.48. The van der Waals surface area contributed by atoms with Gasteiger partial charge in [-0.15, -0.1) is 0 Å². The highest BCUT2D eigenvalue weighted by atomic mass is 35.5. The third kappa shape index (κ3) is 2.59. The van der Waals surface area contributed by atoms with Gasteiger partial charge in [0.25, 0.3) is 0 Å². The summed E-state index contributed by atoms with van der Waals surface area (Å²) in [5.41, 5.74) is -1.43. The van der Waals surface area contributed by atoms with Gasteiger partial charge in [-0.25, -0.2) is 4.39 Å². The fraction of sp³-hybridized carbons (Fsp3) is 0.400. The van der Waals surface area contributed by atoms with Crippen LogP contribution in [-0.4, -0.2) is 10.8 Å². The summed E-state index contributed by atoms with van der Waals surface area (Å²) in [6.45, 7) is 2.57. The lowest BCUT2D eigenvalue weighted by Gasteiger charge is -2.23. The molecule has 1 nitrogen and oxygen atoms in total. The zero-order valence-electron chi connectivity index (χ0n) is 7.89. The van der Waals surface area contributed by atoms with Crippen LogP contribution in [0.2, 0.25) is 10.0 Å². The average molecular weight is 237 g/mol. The van der Waals surface area contributed by atoms with E-state index in [1.54, 1.807) is 6.07 Å². The molecule has 0 aliphatic carbocycles. The number of hydrogen-bond donors (Lipinski definition) is 1. The van der Waals surface area contributed by atoms with Crippen LogP contribution in [0, 0.1) is 0 Å². The van der Waals surface area contributed by atoms with Gasteiger partial charge in [0.05, 0.1) is 0 Å². The normalized spacial score (nSPS) is 14.1. The van der Waals surface area contributed by atoms with Crippen molar-refractivity contribution in [1.29, 1.82) is 0 Å². The summed E-state index contributed by atoms with van der Waals surface area (Å²) in [7, 11) is 0. The molecule has 1 aromatic rings. The molecule has 1 N–H and O–H groups in total. The zero-order valence-corrected chi connectivity index (χ0v) is 9.40. The quantitative estimate of drug-likeness (QED) is 0.829. The fourth-order valence-electron chi connectivity index (χ4n) is 1.09. The summed E-state index contributed by atoms with van der Waals surface area (Å²) in [6, 6.07) is 4.59. The van der Waals surface area contributed by atoms with Gasteiger partial charge in [-0.3, -0.25) is 0 Å². The first-order valence-electron chi connectivity index (χ1n) is 4.14. The Bertz CT molecular complexity index is 333. The van der Waals surface area contributed by atoms with Crippen LogP contribution in [0.1, 0.15) is 25.5 Å². The Morgan fingerprint density at radius 2 is 1.93 bits per heavy atom. The molecule has 14 heavy (non-hydrogen) atoms. The highest BCUT2D eigenvalue weighted by molar-refractivity contribution is 6.33. The lowest BCUT2D eigenvalue weighted by molar-refractivity contribution is 0.0162. The van der Waals surface area contributed by atoms with Crippen molar-refractivity contribution in [3.8, 4) is 0 Å². The van der Waals surface area contributed by atoms with Gasteiger partial charge in [0.15, 0.2) is 0 Å². The van der Waals surface area contributed by atoms with Gasteiger partial charge >= 0.3 is 0 Å². The number of halogens is 3. The molecule has 0 aromatic heterocycles. The van der Waals surface area contributed by atoms with Gasteiger partial charge in [0, 0.05) is 15.6 Å². The molecule has 0 spiro atoms. The Kier molecular flexibility index (Phi) is 3.40. The van der Waals surface area contributed by atoms with Crippen LogP contribution in [0.15, 0.2) is 18.2 Å². The molecule has 0 fully saturated rings. The van der Waals surface area contributed by atoms with Crippen molar-refractivity contribution in [1.82, 2.24) is 0 Å². The van der Waals surface area contributed by atoms with E-state index >= 15 is 0 Å². The first-order valence-corrected chi connectivity index (χ1v) is 4.90. The molecule has 0 radical (unpaired) electrons. The van der Waals surface area contributed by atoms with Crippen molar-refractivity contribution in [3.63, 3.8) is 0 Å². The Balaban J connectivity index is 3.12. The first kappa shape index (κ1) is 11.8. The minimum absolute atomic E-state index is 0.312. The Morgan fingerprint density at radius 3 is 2.43 bits per heavy atom.